The highest BCUT2D eigenvalue weighted by molar-refractivity contribution is 7.18. The molecule has 6 nitrogen and oxygen atoms in total. The van der Waals surface area contributed by atoms with E-state index in [-0.39, 0.29) is 11.8 Å². The van der Waals surface area contributed by atoms with Gasteiger partial charge in [0, 0.05) is 31.5 Å². The second-order valence-electron chi connectivity index (χ2n) is 7.09. The molecule has 1 N–H and O–H groups in total. The number of likely N-dealkylation sites (tertiary alicyclic amines) is 1. The average Bonchev–Trinajstić information content (AvgIpc) is 3.38. The van der Waals surface area contributed by atoms with Crippen LogP contribution >= 0.6 is 22.9 Å². The Morgan fingerprint density at radius 2 is 2.00 bits per heavy atom. The summed E-state index contributed by atoms with van der Waals surface area (Å²) in [6, 6.07) is 9.12. The van der Waals surface area contributed by atoms with Crippen molar-refractivity contribution in [1.29, 1.82) is 0 Å². The van der Waals surface area contributed by atoms with Crippen LogP contribution in [0.15, 0.2) is 49.1 Å². The van der Waals surface area contributed by atoms with Crippen molar-refractivity contribution in [1.82, 2.24) is 14.5 Å². The normalized spacial score (nSPS) is 14.8. The Balaban J connectivity index is 1.42. The molecule has 0 bridgehead atoms. The van der Waals surface area contributed by atoms with E-state index in [1.807, 2.05) is 30.4 Å². The van der Waals surface area contributed by atoms with Crippen molar-refractivity contribution in [2.24, 2.45) is 0 Å². The molecule has 2 aromatic heterocycles. The number of rotatable bonds is 4. The van der Waals surface area contributed by atoms with Crippen LogP contribution in [0.2, 0.25) is 5.02 Å². The first-order chi connectivity index (χ1) is 14.0. The van der Waals surface area contributed by atoms with Gasteiger partial charge in [-0.05, 0) is 43.5 Å². The van der Waals surface area contributed by atoms with Crippen molar-refractivity contribution in [2.45, 2.75) is 25.8 Å². The first-order valence-corrected chi connectivity index (χ1v) is 10.7. The maximum atomic E-state index is 13.0. The molecule has 1 aromatic carbocycles. The van der Waals surface area contributed by atoms with Gasteiger partial charge in [0.2, 0.25) is 0 Å². The molecule has 1 saturated heterocycles. The number of carbonyl (C=O) groups excluding carboxylic acids is 2. The second-order valence-corrected chi connectivity index (χ2v) is 8.55. The maximum Gasteiger partial charge on any atom is 0.264 e. The monoisotopic (exact) mass is 428 g/mol. The molecular weight excluding hydrogens is 408 g/mol. The predicted octanol–water partition coefficient (Wildman–Crippen LogP) is 4.64. The number of hydrogen-bond donors (Lipinski definition) is 1. The van der Waals surface area contributed by atoms with Gasteiger partial charge in [0.25, 0.3) is 11.8 Å². The first-order valence-electron chi connectivity index (χ1n) is 9.46. The standard InChI is InChI=1S/C21H21ClN4O2S/c1-14-12-18(24-20(27)16-4-2-3-5-17(16)22)29-19(14)21(28)25-9-6-15(7-10-25)26-11-8-23-13-26/h2-5,8,11-13,15H,6-7,9-10H2,1H3,(H,24,27). The van der Waals surface area contributed by atoms with E-state index in [1.165, 1.54) is 11.3 Å². The number of aromatic nitrogens is 2. The van der Waals surface area contributed by atoms with Crippen LogP contribution < -0.4 is 5.32 Å². The van der Waals surface area contributed by atoms with Gasteiger partial charge in [0.15, 0.2) is 0 Å². The number of aryl methyl sites for hydroxylation is 1. The zero-order valence-electron chi connectivity index (χ0n) is 16.0. The van der Waals surface area contributed by atoms with E-state index in [1.54, 1.807) is 30.5 Å². The molecule has 1 aliphatic rings. The van der Waals surface area contributed by atoms with Crippen molar-refractivity contribution in [3.63, 3.8) is 0 Å². The smallest absolute Gasteiger partial charge is 0.264 e. The number of benzene rings is 1. The summed E-state index contributed by atoms with van der Waals surface area (Å²) in [5.74, 6) is -0.258. The van der Waals surface area contributed by atoms with Gasteiger partial charge in [-0.15, -0.1) is 11.3 Å². The summed E-state index contributed by atoms with van der Waals surface area (Å²) in [7, 11) is 0. The number of piperidine rings is 1. The van der Waals surface area contributed by atoms with Crippen molar-refractivity contribution in [3.05, 3.63) is 70.1 Å². The fraction of sp³-hybridized carbons (Fsp3) is 0.286. The molecule has 3 aromatic rings. The zero-order valence-corrected chi connectivity index (χ0v) is 17.5. The zero-order chi connectivity index (χ0) is 20.4. The summed E-state index contributed by atoms with van der Waals surface area (Å²) in [6.45, 7) is 3.31. The molecule has 3 heterocycles. The molecule has 2 amide bonds. The highest BCUT2D eigenvalue weighted by Crippen LogP contribution is 2.31. The lowest BCUT2D eigenvalue weighted by Gasteiger charge is -2.32. The minimum absolute atomic E-state index is 0.0230. The Labute approximate surface area is 178 Å². The number of imidazole rings is 1. The number of anilines is 1. The predicted molar refractivity (Wildman–Crippen MR) is 115 cm³/mol. The lowest BCUT2D eigenvalue weighted by molar-refractivity contribution is 0.0698. The number of amides is 2. The molecule has 0 unspecified atom stereocenters. The molecule has 0 spiro atoms. The Morgan fingerprint density at radius 3 is 2.69 bits per heavy atom. The molecule has 0 aliphatic carbocycles. The fourth-order valence-electron chi connectivity index (χ4n) is 3.58. The van der Waals surface area contributed by atoms with Gasteiger partial charge in [0.05, 0.1) is 26.8 Å². The summed E-state index contributed by atoms with van der Waals surface area (Å²) in [5, 5.41) is 3.90. The van der Waals surface area contributed by atoms with Crippen LogP contribution in [-0.4, -0.2) is 39.4 Å². The third-order valence-corrected chi connectivity index (χ3v) is 6.64. The fourth-order valence-corrected chi connectivity index (χ4v) is 4.83. The molecule has 8 heteroatoms. The van der Waals surface area contributed by atoms with Crippen molar-refractivity contribution < 1.29 is 9.59 Å². The molecular formula is C21H21ClN4O2S. The molecule has 1 aliphatic heterocycles. The molecule has 29 heavy (non-hydrogen) atoms. The first kappa shape index (κ1) is 19.7. The number of nitrogens with zero attached hydrogens (tertiary/aromatic N) is 3. The molecule has 0 radical (unpaired) electrons. The van der Waals surface area contributed by atoms with E-state index in [0.29, 0.717) is 39.6 Å². The van der Waals surface area contributed by atoms with Crippen molar-refractivity contribution in [2.75, 3.05) is 18.4 Å². The topological polar surface area (TPSA) is 67.2 Å². The molecule has 0 atom stereocenters. The van der Waals surface area contributed by atoms with E-state index >= 15 is 0 Å². The summed E-state index contributed by atoms with van der Waals surface area (Å²) in [5.41, 5.74) is 1.28. The van der Waals surface area contributed by atoms with Crippen molar-refractivity contribution >= 4 is 39.8 Å². The van der Waals surface area contributed by atoms with E-state index in [0.717, 1.165) is 18.4 Å². The van der Waals surface area contributed by atoms with Gasteiger partial charge in [0.1, 0.15) is 0 Å². The Hall–Kier alpha value is -2.64. The molecule has 4 rings (SSSR count). The lowest BCUT2D eigenvalue weighted by Crippen LogP contribution is -2.38. The number of hydrogen-bond acceptors (Lipinski definition) is 4. The Bertz CT molecular complexity index is 1020. The van der Waals surface area contributed by atoms with Crippen LogP contribution in [0.5, 0.6) is 0 Å². The highest BCUT2D eigenvalue weighted by Gasteiger charge is 2.26. The average molecular weight is 429 g/mol. The van der Waals surface area contributed by atoms with Crippen LogP contribution in [0.4, 0.5) is 5.00 Å². The SMILES string of the molecule is Cc1cc(NC(=O)c2ccccc2Cl)sc1C(=O)N1CCC(n2ccnc2)CC1. The van der Waals surface area contributed by atoms with E-state index < -0.39 is 0 Å². The Morgan fingerprint density at radius 1 is 1.24 bits per heavy atom. The highest BCUT2D eigenvalue weighted by atomic mass is 35.5. The molecule has 1 fully saturated rings. The molecule has 0 saturated carbocycles. The number of thiophene rings is 1. The van der Waals surface area contributed by atoms with E-state index in [9.17, 15) is 9.59 Å². The van der Waals surface area contributed by atoms with E-state index in [4.69, 9.17) is 11.6 Å². The van der Waals surface area contributed by atoms with Gasteiger partial charge in [-0.25, -0.2) is 4.98 Å². The number of carbonyl (C=O) groups is 2. The number of halogens is 1. The summed E-state index contributed by atoms with van der Waals surface area (Å²) in [6.07, 6.45) is 7.40. The number of nitrogens with one attached hydrogen (secondary N) is 1. The van der Waals surface area contributed by atoms with Gasteiger partial charge in [-0.2, -0.15) is 0 Å². The van der Waals surface area contributed by atoms with Gasteiger partial charge < -0.3 is 14.8 Å². The minimum Gasteiger partial charge on any atom is -0.338 e. The third-order valence-electron chi connectivity index (χ3n) is 5.17. The van der Waals surface area contributed by atoms with E-state index in [2.05, 4.69) is 14.9 Å². The largest absolute Gasteiger partial charge is 0.338 e. The second kappa shape index (κ2) is 8.39. The van der Waals surface area contributed by atoms with Crippen LogP contribution in [0.3, 0.4) is 0 Å². The lowest BCUT2D eigenvalue weighted by atomic mass is 10.0. The quantitative estimate of drug-likeness (QED) is 0.658. The molecule has 150 valence electrons. The van der Waals surface area contributed by atoms with Crippen LogP contribution in [0.25, 0.3) is 0 Å². The maximum absolute atomic E-state index is 13.0. The van der Waals surface area contributed by atoms with Gasteiger partial charge in [-0.3, -0.25) is 9.59 Å². The van der Waals surface area contributed by atoms with Crippen LogP contribution in [-0.2, 0) is 0 Å². The summed E-state index contributed by atoms with van der Waals surface area (Å²) in [4.78, 5) is 32.2. The van der Waals surface area contributed by atoms with Crippen LogP contribution in [0, 0.1) is 6.92 Å². The summed E-state index contributed by atoms with van der Waals surface area (Å²) >= 11 is 7.41. The van der Waals surface area contributed by atoms with Crippen LogP contribution in [0.1, 0.15) is 44.5 Å². The van der Waals surface area contributed by atoms with Crippen molar-refractivity contribution in [3.8, 4) is 0 Å². The van der Waals surface area contributed by atoms with Gasteiger partial charge in [-0.1, -0.05) is 23.7 Å². The van der Waals surface area contributed by atoms with Gasteiger partial charge >= 0.3 is 0 Å². The summed E-state index contributed by atoms with van der Waals surface area (Å²) < 4.78 is 2.11. The third kappa shape index (κ3) is 4.21. The Kier molecular flexibility index (Phi) is 5.69. The minimum atomic E-state index is -0.281.